The minimum atomic E-state index is -0.118. The first-order valence-electron chi connectivity index (χ1n) is 5.96. The summed E-state index contributed by atoms with van der Waals surface area (Å²) in [6.07, 6.45) is 6.30. The van der Waals surface area contributed by atoms with Gasteiger partial charge in [-0.15, -0.1) is 0 Å². The van der Waals surface area contributed by atoms with E-state index in [1.54, 1.807) is 6.07 Å². The van der Waals surface area contributed by atoms with Gasteiger partial charge < -0.3 is 15.5 Å². The van der Waals surface area contributed by atoms with Gasteiger partial charge in [-0.25, -0.2) is 0 Å². The highest BCUT2D eigenvalue weighted by Crippen LogP contribution is 2.27. The van der Waals surface area contributed by atoms with Crippen molar-refractivity contribution in [2.45, 2.75) is 31.7 Å². The third kappa shape index (κ3) is 2.90. The van der Waals surface area contributed by atoms with Crippen LogP contribution in [0.15, 0.2) is 21.4 Å². The molecule has 1 fully saturated rings. The number of hydrogen-bond donors (Lipinski definition) is 2. The Hall–Kier alpha value is -0.810. The molecule has 1 atom stereocenters. The van der Waals surface area contributed by atoms with E-state index in [-0.39, 0.29) is 11.9 Å². The Balaban J connectivity index is 1.99. The average Bonchev–Trinajstić information content (AvgIpc) is 2.96. The Bertz CT molecular complexity index is 386. The molecule has 17 heavy (non-hydrogen) atoms. The fraction of sp³-hybridized carbons (Fsp3) is 0.583. The Morgan fingerprint density at radius 2 is 2.29 bits per heavy atom. The Kier molecular flexibility index (Phi) is 4.23. The Morgan fingerprint density at radius 3 is 2.82 bits per heavy atom. The number of carbonyl (C=O) groups is 1. The zero-order valence-electron chi connectivity index (χ0n) is 9.62. The van der Waals surface area contributed by atoms with Gasteiger partial charge in [0.15, 0.2) is 4.67 Å². The standard InChI is InChI=1S/C12H17BrN2O2/c13-11-9(5-6-17-11)12(16)15-10(7-14)8-3-1-2-4-8/h5-6,8,10H,1-4,7,14H2,(H,15,16). The quantitative estimate of drug-likeness (QED) is 0.896. The highest BCUT2D eigenvalue weighted by Gasteiger charge is 2.26. The molecule has 0 saturated heterocycles. The molecule has 1 amide bonds. The summed E-state index contributed by atoms with van der Waals surface area (Å²) in [5.74, 6) is 0.405. The summed E-state index contributed by atoms with van der Waals surface area (Å²) in [6, 6.07) is 1.73. The van der Waals surface area contributed by atoms with Crippen LogP contribution < -0.4 is 11.1 Å². The van der Waals surface area contributed by atoms with Crippen LogP contribution in [0, 0.1) is 5.92 Å². The van der Waals surface area contributed by atoms with Crippen LogP contribution in [0.25, 0.3) is 0 Å². The predicted octanol–water partition coefficient (Wildman–Crippen LogP) is 2.29. The van der Waals surface area contributed by atoms with Gasteiger partial charge in [-0.05, 0) is 40.8 Å². The van der Waals surface area contributed by atoms with Gasteiger partial charge in [-0.1, -0.05) is 12.8 Å². The van der Waals surface area contributed by atoms with Gasteiger partial charge in [0.05, 0.1) is 11.8 Å². The van der Waals surface area contributed by atoms with Gasteiger partial charge in [0.2, 0.25) is 0 Å². The number of hydrogen-bond acceptors (Lipinski definition) is 3. The van der Waals surface area contributed by atoms with Crippen molar-refractivity contribution in [3.05, 3.63) is 22.6 Å². The van der Waals surface area contributed by atoms with Crippen LogP contribution in [0.1, 0.15) is 36.0 Å². The lowest BCUT2D eigenvalue weighted by Crippen LogP contribution is -2.44. The van der Waals surface area contributed by atoms with Gasteiger partial charge in [-0.2, -0.15) is 0 Å². The van der Waals surface area contributed by atoms with E-state index in [1.165, 1.54) is 19.1 Å². The first-order valence-corrected chi connectivity index (χ1v) is 6.75. The molecule has 3 N–H and O–H groups in total. The third-order valence-corrected chi connectivity index (χ3v) is 4.02. The maximum absolute atomic E-state index is 12.0. The molecule has 5 heteroatoms. The van der Waals surface area contributed by atoms with Crippen molar-refractivity contribution in [2.75, 3.05) is 6.54 Å². The molecule has 1 aromatic rings. The lowest BCUT2D eigenvalue weighted by atomic mass is 9.98. The van der Waals surface area contributed by atoms with Gasteiger partial charge in [0.1, 0.15) is 0 Å². The summed E-state index contributed by atoms with van der Waals surface area (Å²) < 4.78 is 5.52. The van der Waals surface area contributed by atoms with Crippen LogP contribution in [-0.4, -0.2) is 18.5 Å². The fourth-order valence-electron chi connectivity index (χ4n) is 2.43. The van der Waals surface area contributed by atoms with Crippen LogP contribution in [0.4, 0.5) is 0 Å². The van der Waals surface area contributed by atoms with Crippen molar-refractivity contribution in [1.82, 2.24) is 5.32 Å². The molecule has 1 unspecified atom stereocenters. The summed E-state index contributed by atoms with van der Waals surface area (Å²) >= 11 is 3.20. The zero-order valence-corrected chi connectivity index (χ0v) is 11.2. The monoisotopic (exact) mass is 300 g/mol. The molecule has 0 bridgehead atoms. The average molecular weight is 301 g/mol. The van der Waals surface area contributed by atoms with E-state index in [0.717, 1.165) is 12.8 Å². The zero-order chi connectivity index (χ0) is 12.3. The maximum Gasteiger partial charge on any atom is 0.256 e. The Morgan fingerprint density at radius 1 is 1.59 bits per heavy atom. The maximum atomic E-state index is 12.0. The van der Waals surface area contributed by atoms with Crippen molar-refractivity contribution >= 4 is 21.8 Å². The molecule has 1 saturated carbocycles. The summed E-state index contributed by atoms with van der Waals surface area (Å²) in [7, 11) is 0. The lowest BCUT2D eigenvalue weighted by Gasteiger charge is -2.22. The molecule has 1 heterocycles. The molecular formula is C12H17BrN2O2. The van der Waals surface area contributed by atoms with Crippen molar-refractivity contribution in [1.29, 1.82) is 0 Å². The molecule has 1 aromatic heterocycles. The summed E-state index contributed by atoms with van der Waals surface area (Å²) in [5, 5.41) is 3.00. The SMILES string of the molecule is NCC(NC(=O)c1ccoc1Br)C1CCCC1. The van der Waals surface area contributed by atoms with E-state index in [4.69, 9.17) is 10.2 Å². The molecule has 1 aliphatic rings. The molecule has 1 aliphatic carbocycles. The Labute approximate surface area is 109 Å². The van der Waals surface area contributed by atoms with Gasteiger partial charge in [0.25, 0.3) is 5.91 Å². The second kappa shape index (κ2) is 5.69. The molecule has 0 aromatic carbocycles. The van der Waals surface area contributed by atoms with Gasteiger partial charge >= 0.3 is 0 Å². The normalized spacial score (nSPS) is 18.2. The fourth-order valence-corrected chi connectivity index (χ4v) is 2.85. The van der Waals surface area contributed by atoms with Crippen LogP contribution >= 0.6 is 15.9 Å². The largest absolute Gasteiger partial charge is 0.457 e. The number of halogens is 1. The minimum Gasteiger partial charge on any atom is -0.457 e. The van der Waals surface area contributed by atoms with Crippen molar-refractivity contribution in [3.63, 3.8) is 0 Å². The highest BCUT2D eigenvalue weighted by atomic mass is 79.9. The van der Waals surface area contributed by atoms with E-state index in [1.807, 2.05) is 0 Å². The number of nitrogens with one attached hydrogen (secondary N) is 1. The minimum absolute atomic E-state index is 0.0757. The number of rotatable bonds is 4. The van der Waals surface area contributed by atoms with Gasteiger partial charge in [-0.3, -0.25) is 4.79 Å². The van der Waals surface area contributed by atoms with Crippen LogP contribution in [-0.2, 0) is 0 Å². The summed E-state index contributed by atoms with van der Waals surface area (Å²) in [6.45, 7) is 0.492. The lowest BCUT2D eigenvalue weighted by molar-refractivity contribution is 0.0922. The first-order chi connectivity index (χ1) is 8.22. The van der Waals surface area contributed by atoms with E-state index < -0.39 is 0 Å². The number of amides is 1. The molecule has 4 nitrogen and oxygen atoms in total. The molecule has 0 radical (unpaired) electrons. The molecule has 2 rings (SSSR count). The van der Waals surface area contributed by atoms with Crippen molar-refractivity contribution in [2.24, 2.45) is 11.7 Å². The smallest absolute Gasteiger partial charge is 0.256 e. The second-order valence-electron chi connectivity index (χ2n) is 4.47. The van der Waals surface area contributed by atoms with E-state index in [0.29, 0.717) is 22.7 Å². The highest BCUT2D eigenvalue weighted by molar-refractivity contribution is 9.10. The van der Waals surface area contributed by atoms with E-state index in [9.17, 15) is 4.79 Å². The predicted molar refractivity (Wildman–Crippen MR) is 68.7 cm³/mol. The van der Waals surface area contributed by atoms with Crippen molar-refractivity contribution < 1.29 is 9.21 Å². The summed E-state index contributed by atoms with van der Waals surface area (Å²) in [5.41, 5.74) is 6.27. The van der Waals surface area contributed by atoms with E-state index >= 15 is 0 Å². The van der Waals surface area contributed by atoms with E-state index in [2.05, 4.69) is 21.2 Å². The number of furan rings is 1. The van der Waals surface area contributed by atoms with Crippen LogP contribution in [0.5, 0.6) is 0 Å². The van der Waals surface area contributed by atoms with Gasteiger partial charge in [0, 0.05) is 12.6 Å². The number of nitrogens with two attached hydrogens (primary N) is 1. The second-order valence-corrected chi connectivity index (χ2v) is 5.19. The molecule has 0 aliphatic heterocycles. The molecule has 0 spiro atoms. The van der Waals surface area contributed by atoms with Crippen molar-refractivity contribution in [3.8, 4) is 0 Å². The molecular weight excluding hydrogens is 284 g/mol. The number of carbonyl (C=O) groups excluding carboxylic acids is 1. The third-order valence-electron chi connectivity index (χ3n) is 3.40. The summed E-state index contributed by atoms with van der Waals surface area (Å²) in [4.78, 5) is 12.0. The first kappa shape index (κ1) is 12.6. The van der Waals surface area contributed by atoms with Crippen LogP contribution in [0.2, 0.25) is 0 Å². The topological polar surface area (TPSA) is 68.3 Å². The molecule has 94 valence electrons. The van der Waals surface area contributed by atoms with Crippen LogP contribution in [0.3, 0.4) is 0 Å².